The number of benzene rings is 1. The summed E-state index contributed by atoms with van der Waals surface area (Å²) >= 11 is 1.78. The summed E-state index contributed by atoms with van der Waals surface area (Å²) in [7, 11) is 3.88. The van der Waals surface area contributed by atoms with E-state index in [9.17, 15) is 0 Å². The number of rotatable bonds is 2. The second kappa shape index (κ2) is 6.16. The van der Waals surface area contributed by atoms with Crippen molar-refractivity contribution >= 4 is 39.1 Å². The Kier molecular flexibility index (Phi) is 4.73. The van der Waals surface area contributed by atoms with Gasteiger partial charge in [-0.05, 0) is 25.6 Å². The zero-order valence-corrected chi connectivity index (χ0v) is 13.7. The van der Waals surface area contributed by atoms with Crippen LogP contribution >= 0.6 is 23.7 Å². The quantitative estimate of drug-likeness (QED) is 0.852. The lowest BCUT2D eigenvalue weighted by Crippen LogP contribution is -2.44. The first kappa shape index (κ1) is 15.4. The Morgan fingerprint density at radius 1 is 1.20 bits per heavy atom. The van der Waals surface area contributed by atoms with Crippen LogP contribution in [-0.2, 0) is 0 Å². The van der Waals surface area contributed by atoms with Gasteiger partial charge in [-0.1, -0.05) is 17.4 Å². The number of likely N-dealkylation sites (N-methyl/N-ethyl adjacent to an activating group) is 1. The Morgan fingerprint density at radius 2 is 1.90 bits per heavy atom. The van der Waals surface area contributed by atoms with Crippen LogP contribution in [0.2, 0.25) is 0 Å². The molecule has 0 unspecified atom stereocenters. The molecule has 0 saturated carbocycles. The van der Waals surface area contributed by atoms with Crippen molar-refractivity contribution in [3.05, 3.63) is 17.7 Å². The number of halogens is 1. The number of anilines is 1. The monoisotopic (exact) mass is 313 g/mol. The zero-order valence-electron chi connectivity index (χ0n) is 12.0. The van der Waals surface area contributed by atoms with Crippen molar-refractivity contribution in [1.29, 1.82) is 0 Å². The molecule has 1 saturated heterocycles. The molecule has 110 valence electrons. The molecule has 20 heavy (non-hydrogen) atoms. The maximum Gasteiger partial charge on any atom is 0.186 e. The van der Waals surface area contributed by atoms with Crippen LogP contribution in [0.5, 0.6) is 5.75 Å². The number of hydrogen-bond acceptors (Lipinski definition) is 5. The minimum Gasteiger partial charge on any atom is -0.494 e. The molecule has 6 heteroatoms. The highest BCUT2D eigenvalue weighted by atomic mass is 35.5. The lowest BCUT2D eigenvalue weighted by Gasteiger charge is -2.32. The molecule has 0 spiro atoms. The molecule has 1 aromatic carbocycles. The third-order valence-electron chi connectivity index (χ3n) is 3.69. The molecule has 0 bridgehead atoms. The van der Waals surface area contributed by atoms with Crippen LogP contribution in [0, 0.1) is 6.92 Å². The Hall–Kier alpha value is -1.04. The van der Waals surface area contributed by atoms with Crippen LogP contribution in [0.25, 0.3) is 10.2 Å². The van der Waals surface area contributed by atoms with Gasteiger partial charge in [0.15, 0.2) is 5.13 Å². The molecule has 1 aliphatic rings. The van der Waals surface area contributed by atoms with E-state index in [1.54, 1.807) is 18.4 Å². The molecule has 3 rings (SSSR count). The van der Waals surface area contributed by atoms with E-state index in [0.717, 1.165) is 42.6 Å². The Bertz CT molecular complexity index is 593. The molecule has 0 atom stereocenters. The number of piperazine rings is 1. The predicted octanol–water partition coefficient (Wildman–Crippen LogP) is 2.79. The normalized spacial score (nSPS) is 16.2. The van der Waals surface area contributed by atoms with Gasteiger partial charge in [0.25, 0.3) is 0 Å². The van der Waals surface area contributed by atoms with Gasteiger partial charge in [-0.25, -0.2) is 4.98 Å². The van der Waals surface area contributed by atoms with Crippen molar-refractivity contribution in [3.8, 4) is 5.75 Å². The summed E-state index contributed by atoms with van der Waals surface area (Å²) in [5, 5.41) is 1.12. The van der Waals surface area contributed by atoms with E-state index < -0.39 is 0 Å². The maximum atomic E-state index is 5.42. The smallest absolute Gasteiger partial charge is 0.186 e. The van der Waals surface area contributed by atoms with Gasteiger partial charge >= 0.3 is 0 Å². The summed E-state index contributed by atoms with van der Waals surface area (Å²) in [6, 6.07) is 4.11. The van der Waals surface area contributed by atoms with Gasteiger partial charge in [-0.15, -0.1) is 12.4 Å². The SMILES string of the molecule is COc1ccc(C)c2sc(N3CCN(C)CC3)nc12.Cl. The Labute approximate surface area is 129 Å². The summed E-state index contributed by atoms with van der Waals surface area (Å²) in [5.74, 6) is 0.872. The summed E-state index contributed by atoms with van der Waals surface area (Å²) < 4.78 is 6.66. The van der Waals surface area contributed by atoms with Gasteiger partial charge in [0.2, 0.25) is 0 Å². The van der Waals surface area contributed by atoms with Crippen molar-refractivity contribution in [2.45, 2.75) is 6.92 Å². The third kappa shape index (κ3) is 2.71. The van der Waals surface area contributed by atoms with Gasteiger partial charge in [-0.3, -0.25) is 0 Å². The summed E-state index contributed by atoms with van der Waals surface area (Å²) in [4.78, 5) is 9.53. The molecule has 1 fully saturated rings. The van der Waals surface area contributed by atoms with Crippen LogP contribution in [-0.4, -0.2) is 50.2 Å². The van der Waals surface area contributed by atoms with Crippen LogP contribution in [0.15, 0.2) is 12.1 Å². The van der Waals surface area contributed by atoms with Crippen molar-refractivity contribution in [2.24, 2.45) is 0 Å². The molecular formula is C14H20ClN3OS. The number of fused-ring (bicyclic) bond motifs is 1. The number of aromatic nitrogens is 1. The Balaban J connectivity index is 0.00000147. The number of thiazole rings is 1. The molecule has 2 heterocycles. The molecule has 1 aliphatic heterocycles. The fourth-order valence-corrected chi connectivity index (χ4v) is 3.50. The van der Waals surface area contributed by atoms with Crippen LogP contribution < -0.4 is 9.64 Å². The van der Waals surface area contributed by atoms with Gasteiger partial charge in [-0.2, -0.15) is 0 Å². The topological polar surface area (TPSA) is 28.6 Å². The molecule has 0 amide bonds. The van der Waals surface area contributed by atoms with E-state index in [1.165, 1.54) is 10.3 Å². The molecule has 0 radical (unpaired) electrons. The highest BCUT2D eigenvalue weighted by Crippen LogP contribution is 2.36. The lowest BCUT2D eigenvalue weighted by atomic mass is 10.2. The molecular weight excluding hydrogens is 294 g/mol. The minimum absolute atomic E-state index is 0. The Morgan fingerprint density at radius 3 is 2.55 bits per heavy atom. The molecule has 0 aliphatic carbocycles. The maximum absolute atomic E-state index is 5.42. The first-order chi connectivity index (χ1) is 9.19. The average molecular weight is 314 g/mol. The van der Waals surface area contributed by atoms with Gasteiger partial charge < -0.3 is 14.5 Å². The fourth-order valence-electron chi connectivity index (χ4n) is 2.40. The van der Waals surface area contributed by atoms with E-state index in [1.807, 2.05) is 6.07 Å². The second-order valence-electron chi connectivity index (χ2n) is 5.05. The van der Waals surface area contributed by atoms with Crippen LogP contribution in [0.1, 0.15) is 5.56 Å². The number of nitrogens with zero attached hydrogens (tertiary/aromatic N) is 3. The molecule has 4 nitrogen and oxygen atoms in total. The van der Waals surface area contributed by atoms with Gasteiger partial charge in [0.1, 0.15) is 11.3 Å². The third-order valence-corrected chi connectivity index (χ3v) is 4.94. The predicted molar refractivity (Wildman–Crippen MR) is 87.9 cm³/mol. The number of hydrogen-bond donors (Lipinski definition) is 0. The number of aryl methyl sites for hydroxylation is 1. The largest absolute Gasteiger partial charge is 0.494 e. The van der Waals surface area contributed by atoms with Crippen molar-refractivity contribution in [1.82, 2.24) is 9.88 Å². The lowest BCUT2D eigenvalue weighted by molar-refractivity contribution is 0.313. The standard InChI is InChI=1S/C14H19N3OS.ClH/c1-10-4-5-11(18-3)12-13(10)19-14(15-12)17-8-6-16(2)7-9-17;/h4-5H,6-9H2,1-3H3;1H. The first-order valence-electron chi connectivity index (χ1n) is 6.56. The van der Waals surface area contributed by atoms with E-state index in [0.29, 0.717) is 0 Å². The highest BCUT2D eigenvalue weighted by molar-refractivity contribution is 7.22. The highest BCUT2D eigenvalue weighted by Gasteiger charge is 2.19. The van der Waals surface area contributed by atoms with Gasteiger partial charge in [0, 0.05) is 26.2 Å². The zero-order chi connectivity index (χ0) is 13.4. The van der Waals surface area contributed by atoms with E-state index in [4.69, 9.17) is 9.72 Å². The average Bonchev–Trinajstić information content (AvgIpc) is 2.86. The summed E-state index contributed by atoms with van der Waals surface area (Å²) in [5.41, 5.74) is 2.27. The number of ether oxygens (including phenoxy) is 1. The van der Waals surface area contributed by atoms with Crippen LogP contribution in [0.4, 0.5) is 5.13 Å². The fraction of sp³-hybridized carbons (Fsp3) is 0.500. The molecule has 1 aromatic heterocycles. The van der Waals surface area contributed by atoms with Crippen molar-refractivity contribution < 1.29 is 4.74 Å². The van der Waals surface area contributed by atoms with E-state index >= 15 is 0 Å². The summed E-state index contributed by atoms with van der Waals surface area (Å²) in [6.07, 6.45) is 0. The molecule has 0 N–H and O–H groups in total. The summed E-state index contributed by atoms with van der Waals surface area (Å²) in [6.45, 7) is 6.45. The molecule has 2 aromatic rings. The van der Waals surface area contributed by atoms with Crippen molar-refractivity contribution in [3.63, 3.8) is 0 Å². The van der Waals surface area contributed by atoms with E-state index in [2.05, 4.69) is 29.8 Å². The van der Waals surface area contributed by atoms with Crippen LogP contribution in [0.3, 0.4) is 0 Å². The van der Waals surface area contributed by atoms with E-state index in [-0.39, 0.29) is 12.4 Å². The number of methoxy groups -OCH3 is 1. The van der Waals surface area contributed by atoms with Crippen molar-refractivity contribution in [2.75, 3.05) is 45.2 Å². The first-order valence-corrected chi connectivity index (χ1v) is 7.38. The van der Waals surface area contributed by atoms with Gasteiger partial charge in [0.05, 0.1) is 11.8 Å². The second-order valence-corrected chi connectivity index (χ2v) is 6.03. The minimum atomic E-state index is 0.